The monoisotopic (exact) mass is 650 g/mol. The van der Waals surface area contributed by atoms with Gasteiger partial charge in [-0.15, -0.1) is 0 Å². The largest absolute Gasteiger partial charge is 0.335 e. The van der Waals surface area contributed by atoms with Gasteiger partial charge in [-0.3, -0.25) is 9.59 Å². The average Bonchev–Trinajstić information content (AvgIpc) is 3.09. The van der Waals surface area contributed by atoms with Crippen LogP contribution < -0.4 is 22.5 Å². The summed E-state index contributed by atoms with van der Waals surface area (Å²) in [6.45, 7) is 7.51. The highest BCUT2D eigenvalue weighted by atomic mass is 16.2. The van der Waals surface area contributed by atoms with E-state index in [-0.39, 0.29) is 23.9 Å². The molecule has 1 heterocycles. The molecule has 256 valence electrons. The van der Waals surface area contributed by atoms with Crippen LogP contribution in [0.1, 0.15) is 50.7 Å². The summed E-state index contributed by atoms with van der Waals surface area (Å²) in [5.74, 6) is 0.252. The lowest BCUT2D eigenvalue weighted by Crippen LogP contribution is -2.65. The smallest absolute Gasteiger partial charge is 0.240 e. The number of amides is 2. The van der Waals surface area contributed by atoms with Crippen molar-refractivity contribution in [1.29, 1.82) is 0 Å². The zero-order valence-electron chi connectivity index (χ0n) is 28.7. The molecule has 5 rings (SSSR count). The molecule has 0 aromatic heterocycles. The number of fused-ring (bicyclic) bond motifs is 2. The van der Waals surface area contributed by atoms with Crippen LogP contribution in [0.2, 0.25) is 0 Å². The summed E-state index contributed by atoms with van der Waals surface area (Å²) in [5, 5.41) is 7.97. The van der Waals surface area contributed by atoms with Gasteiger partial charge in [0.1, 0.15) is 0 Å². The Hall–Kier alpha value is -3.82. The molecule has 2 amide bonds. The maximum atomic E-state index is 14.2. The normalized spacial score (nSPS) is 18.0. The van der Waals surface area contributed by atoms with E-state index in [1.54, 1.807) is 0 Å². The zero-order chi connectivity index (χ0) is 34.0. The molecule has 7 N–H and O–H groups in total. The zero-order valence-corrected chi connectivity index (χ0v) is 28.7. The first-order valence-electron chi connectivity index (χ1n) is 17.7. The van der Waals surface area contributed by atoms with E-state index >= 15 is 0 Å². The summed E-state index contributed by atoms with van der Waals surface area (Å²) < 4.78 is 0. The first kappa shape index (κ1) is 35.5. The van der Waals surface area contributed by atoms with Crippen molar-refractivity contribution in [2.75, 3.05) is 32.7 Å². The summed E-state index contributed by atoms with van der Waals surface area (Å²) in [5.41, 5.74) is 21.1. The van der Waals surface area contributed by atoms with E-state index in [0.29, 0.717) is 38.4 Å². The van der Waals surface area contributed by atoms with Crippen molar-refractivity contribution in [3.8, 4) is 0 Å². The number of piperazine rings is 1. The first-order valence-corrected chi connectivity index (χ1v) is 17.7. The van der Waals surface area contributed by atoms with E-state index < -0.39 is 12.1 Å². The van der Waals surface area contributed by atoms with Gasteiger partial charge < -0.3 is 32.3 Å². The van der Waals surface area contributed by atoms with Crippen LogP contribution in [-0.4, -0.2) is 78.5 Å². The summed E-state index contributed by atoms with van der Waals surface area (Å²) in [6.07, 6.45) is 4.39. The number of nitrogens with zero attached hydrogens (tertiary/aromatic N) is 2. The predicted octanol–water partition coefficient (Wildman–Crippen LogP) is 4.61. The Balaban J connectivity index is 1.33. The molecule has 48 heavy (non-hydrogen) atoms. The van der Waals surface area contributed by atoms with Crippen LogP contribution in [0.4, 0.5) is 0 Å². The molecule has 8 heteroatoms. The van der Waals surface area contributed by atoms with Gasteiger partial charge in [0, 0.05) is 38.3 Å². The highest BCUT2D eigenvalue weighted by Gasteiger charge is 2.40. The number of nitrogens with two attached hydrogens (primary N) is 3. The molecule has 4 atom stereocenters. The average molecular weight is 651 g/mol. The molecular formula is C40H54N6O2. The van der Waals surface area contributed by atoms with Crippen LogP contribution in [-0.2, 0) is 22.4 Å². The van der Waals surface area contributed by atoms with Gasteiger partial charge in [-0.25, -0.2) is 0 Å². The molecule has 0 radical (unpaired) electrons. The molecule has 0 bridgehead atoms. The Labute approximate surface area is 286 Å². The number of rotatable bonds is 15. The lowest BCUT2D eigenvalue weighted by molar-refractivity contribution is -0.149. The fourth-order valence-electron chi connectivity index (χ4n) is 7.18. The standard InChI is InChI=1S/C40H54N6O2/c1-28(2)21-36-27-45(39(47)37(42)24-29-14-16-31-9-3-5-11-33(31)22-29)35(13-7-8-19-44-20-18-41)26-46(36)40(48)38(43)25-30-15-17-32-10-4-6-12-34(32)23-30/h3-6,9-12,14-17,22-23,28,35-38,44H,7-8,13,18-21,24-27,41-43H2,1-2H3/t35-,36+,37?,38?/m0/s1. The number of benzene rings is 4. The lowest BCUT2D eigenvalue weighted by Gasteiger charge is -2.48. The molecule has 4 aromatic rings. The van der Waals surface area contributed by atoms with Crippen LogP contribution in [0, 0.1) is 5.92 Å². The number of nitrogens with one attached hydrogen (secondary N) is 1. The van der Waals surface area contributed by atoms with Crippen LogP contribution in [0.3, 0.4) is 0 Å². The molecule has 0 aliphatic carbocycles. The first-order chi connectivity index (χ1) is 23.2. The Bertz CT molecular complexity index is 1660. The van der Waals surface area contributed by atoms with E-state index in [0.717, 1.165) is 60.7 Å². The number of unbranched alkanes of at least 4 members (excludes halogenated alkanes) is 1. The van der Waals surface area contributed by atoms with E-state index in [1.165, 1.54) is 10.8 Å². The van der Waals surface area contributed by atoms with Gasteiger partial charge in [0.25, 0.3) is 0 Å². The lowest BCUT2D eigenvalue weighted by atomic mass is 9.92. The molecule has 2 unspecified atom stereocenters. The van der Waals surface area contributed by atoms with E-state index in [4.69, 9.17) is 17.2 Å². The Morgan fingerprint density at radius 3 is 1.73 bits per heavy atom. The van der Waals surface area contributed by atoms with Gasteiger partial charge in [-0.2, -0.15) is 0 Å². The summed E-state index contributed by atoms with van der Waals surface area (Å²) in [6, 6.07) is 27.4. The number of hydrogen-bond acceptors (Lipinski definition) is 6. The third kappa shape index (κ3) is 9.20. The van der Waals surface area contributed by atoms with Gasteiger partial charge >= 0.3 is 0 Å². The van der Waals surface area contributed by atoms with Crippen molar-refractivity contribution < 1.29 is 9.59 Å². The summed E-state index contributed by atoms with van der Waals surface area (Å²) in [4.78, 5) is 32.3. The molecular weight excluding hydrogens is 596 g/mol. The third-order valence-corrected chi connectivity index (χ3v) is 9.64. The van der Waals surface area contributed by atoms with Crippen molar-refractivity contribution in [1.82, 2.24) is 15.1 Å². The second kappa shape index (κ2) is 17.0. The second-order valence-corrected chi connectivity index (χ2v) is 13.9. The van der Waals surface area contributed by atoms with E-state index in [1.807, 2.05) is 34.1 Å². The van der Waals surface area contributed by atoms with Crippen molar-refractivity contribution in [3.63, 3.8) is 0 Å². The fourth-order valence-corrected chi connectivity index (χ4v) is 7.18. The Morgan fingerprint density at radius 2 is 1.21 bits per heavy atom. The van der Waals surface area contributed by atoms with Crippen molar-refractivity contribution in [3.05, 3.63) is 96.1 Å². The van der Waals surface area contributed by atoms with Gasteiger partial charge in [0.2, 0.25) is 11.8 Å². The second-order valence-electron chi connectivity index (χ2n) is 13.9. The Morgan fingerprint density at radius 1 is 0.708 bits per heavy atom. The minimum absolute atomic E-state index is 0.0454. The number of hydrogen-bond donors (Lipinski definition) is 4. The quantitative estimate of drug-likeness (QED) is 0.139. The molecule has 1 aliphatic heterocycles. The molecule has 1 saturated heterocycles. The minimum Gasteiger partial charge on any atom is -0.335 e. The maximum Gasteiger partial charge on any atom is 0.240 e. The van der Waals surface area contributed by atoms with Crippen molar-refractivity contribution >= 4 is 33.4 Å². The third-order valence-electron chi connectivity index (χ3n) is 9.64. The van der Waals surface area contributed by atoms with Gasteiger partial charge in [0.05, 0.1) is 12.1 Å². The van der Waals surface area contributed by atoms with Crippen molar-refractivity contribution in [2.45, 2.75) is 76.5 Å². The van der Waals surface area contributed by atoms with Gasteiger partial charge in [-0.1, -0.05) is 105 Å². The van der Waals surface area contributed by atoms with E-state index in [9.17, 15) is 9.59 Å². The highest BCUT2D eigenvalue weighted by molar-refractivity contribution is 5.87. The minimum atomic E-state index is -0.669. The number of carbonyl (C=O) groups is 2. The molecule has 1 fully saturated rings. The highest BCUT2D eigenvalue weighted by Crippen LogP contribution is 2.27. The van der Waals surface area contributed by atoms with Gasteiger partial charge in [-0.05, 0) is 77.2 Å². The van der Waals surface area contributed by atoms with Crippen molar-refractivity contribution in [2.24, 2.45) is 23.1 Å². The summed E-state index contributed by atoms with van der Waals surface area (Å²) >= 11 is 0. The predicted molar refractivity (Wildman–Crippen MR) is 197 cm³/mol. The summed E-state index contributed by atoms with van der Waals surface area (Å²) in [7, 11) is 0. The van der Waals surface area contributed by atoms with Crippen LogP contribution in [0.15, 0.2) is 84.9 Å². The van der Waals surface area contributed by atoms with E-state index in [2.05, 4.69) is 79.8 Å². The topological polar surface area (TPSA) is 131 Å². The Kier molecular flexibility index (Phi) is 12.6. The molecule has 1 aliphatic rings. The number of carbonyl (C=O) groups excluding carboxylic acids is 2. The van der Waals surface area contributed by atoms with Crippen LogP contribution in [0.25, 0.3) is 21.5 Å². The SMILES string of the molecule is CC(C)C[C@@H]1CN(C(=O)C(N)Cc2ccc3ccccc3c2)[C@@H](CCCCNCCN)CN1C(=O)C(N)Cc1ccc2ccccc2c1. The molecule has 0 saturated carbocycles. The maximum absolute atomic E-state index is 14.2. The molecule has 8 nitrogen and oxygen atoms in total. The van der Waals surface area contributed by atoms with Crippen LogP contribution >= 0.6 is 0 Å². The fraction of sp³-hybridized carbons (Fsp3) is 0.450. The van der Waals surface area contributed by atoms with Gasteiger partial charge in [0.15, 0.2) is 0 Å². The molecule has 0 spiro atoms. The van der Waals surface area contributed by atoms with Crippen LogP contribution in [0.5, 0.6) is 0 Å². The molecule has 4 aromatic carbocycles.